The maximum atomic E-state index is 12.3. The molecule has 2 amide bonds. The van der Waals surface area contributed by atoms with Gasteiger partial charge in [-0.15, -0.1) is 11.3 Å². The van der Waals surface area contributed by atoms with Gasteiger partial charge in [0.15, 0.2) is 5.11 Å². The molecule has 0 unspecified atom stereocenters. The SMILES string of the molecule is Cc1c(Cc2ccccc2)sc(NC(=S)NC(=O)c2cccc(Cl)c2)c1C(N)=O. The van der Waals surface area contributed by atoms with Crippen LogP contribution in [0.4, 0.5) is 5.00 Å². The number of nitrogens with two attached hydrogens (primary N) is 1. The highest BCUT2D eigenvalue weighted by Crippen LogP contribution is 2.34. The lowest BCUT2D eigenvalue weighted by molar-refractivity contribution is 0.0975. The molecule has 148 valence electrons. The molecule has 0 spiro atoms. The molecular formula is C21H18ClN3O2S2. The Kier molecular flexibility index (Phi) is 6.64. The van der Waals surface area contributed by atoms with Gasteiger partial charge in [0, 0.05) is 21.9 Å². The van der Waals surface area contributed by atoms with Gasteiger partial charge >= 0.3 is 0 Å². The van der Waals surface area contributed by atoms with Crippen molar-refractivity contribution < 1.29 is 9.59 Å². The Hall–Kier alpha value is -2.74. The number of anilines is 1. The van der Waals surface area contributed by atoms with E-state index >= 15 is 0 Å². The average molecular weight is 444 g/mol. The summed E-state index contributed by atoms with van der Waals surface area (Å²) in [5.74, 6) is -0.951. The standard InChI is InChI=1S/C21H18ClN3O2S2/c1-12-16(10-13-6-3-2-4-7-13)29-20(17(12)18(23)26)25-21(28)24-19(27)14-8-5-9-15(22)11-14/h2-9,11H,10H2,1H3,(H2,23,26)(H2,24,25,27,28). The van der Waals surface area contributed by atoms with Gasteiger partial charge in [0.2, 0.25) is 0 Å². The summed E-state index contributed by atoms with van der Waals surface area (Å²) in [7, 11) is 0. The first-order valence-electron chi connectivity index (χ1n) is 8.69. The first-order chi connectivity index (χ1) is 13.8. The van der Waals surface area contributed by atoms with E-state index in [9.17, 15) is 9.59 Å². The van der Waals surface area contributed by atoms with Gasteiger partial charge in [0.25, 0.3) is 11.8 Å². The minimum Gasteiger partial charge on any atom is -0.365 e. The Morgan fingerprint density at radius 1 is 1.14 bits per heavy atom. The van der Waals surface area contributed by atoms with Crippen LogP contribution in [0, 0.1) is 6.92 Å². The molecule has 5 nitrogen and oxygen atoms in total. The zero-order chi connectivity index (χ0) is 21.0. The molecule has 3 rings (SSSR count). The number of hydrogen-bond acceptors (Lipinski definition) is 4. The van der Waals surface area contributed by atoms with Crippen molar-refractivity contribution >= 4 is 57.1 Å². The van der Waals surface area contributed by atoms with Crippen LogP contribution in [0.1, 0.15) is 36.7 Å². The number of carbonyl (C=O) groups is 2. The summed E-state index contributed by atoms with van der Waals surface area (Å²) in [6, 6.07) is 16.5. The molecule has 0 saturated carbocycles. The Morgan fingerprint density at radius 2 is 1.86 bits per heavy atom. The van der Waals surface area contributed by atoms with Crippen molar-refractivity contribution in [1.29, 1.82) is 0 Å². The summed E-state index contributed by atoms with van der Waals surface area (Å²) in [6.07, 6.45) is 0.668. The van der Waals surface area contributed by atoms with E-state index in [-0.39, 0.29) is 5.11 Å². The Bertz CT molecular complexity index is 1080. The second-order valence-corrected chi connectivity index (χ2v) is 8.25. The molecule has 4 N–H and O–H groups in total. The lowest BCUT2D eigenvalue weighted by Crippen LogP contribution is -2.34. The second kappa shape index (κ2) is 9.17. The number of hydrogen-bond donors (Lipinski definition) is 3. The van der Waals surface area contributed by atoms with Crippen molar-refractivity contribution in [2.45, 2.75) is 13.3 Å². The van der Waals surface area contributed by atoms with Crippen LogP contribution in [0.2, 0.25) is 5.02 Å². The maximum absolute atomic E-state index is 12.3. The predicted octanol–water partition coefficient (Wildman–Crippen LogP) is 4.53. The molecule has 0 aliphatic rings. The number of halogens is 1. The highest BCUT2D eigenvalue weighted by molar-refractivity contribution is 7.80. The van der Waals surface area contributed by atoms with Gasteiger partial charge in [-0.1, -0.05) is 48.0 Å². The lowest BCUT2D eigenvalue weighted by atomic mass is 10.1. The molecule has 8 heteroatoms. The fourth-order valence-electron chi connectivity index (χ4n) is 2.83. The molecule has 0 atom stereocenters. The van der Waals surface area contributed by atoms with Gasteiger partial charge in [0.05, 0.1) is 5.56 Å². The quantitative estimate of drug-likeness (QED) is 0.506. The van der Waals surface area contributed by atoms with E-state index in [0.29, 0.717) is 27.6 Å². The zero-order valence-corrected chi connectivity index (χ0v) is 17.9. The lowest BCUT2D eigenvalue weighted by Gasteiger charge is -2.09. The molecule has 29 heavy (non-hydrogen) atoms. The zero-order valence-electron chi connectivity index (χ0n) is 15.5. The number of carbonyl (C=O) groups excluding carboxylic acids is 2. The Labute approximate surface area is 182 Å². The molecule has 3 aromatic rings. The first-order valence-corrected chi connectivity index (χ1v) is 10.3. The maximum Gasteiger partial charge on any atom is 0.257 e. The third kappa shape index (κ3) is 5.20. The highest BCUT2D eigenvalue weighted by Gasteiger charge is 2.20. The van der Waals surface area contributed by atoms with Gasteiger partial charge in [-0.25, -0.2) is 0 Å². The molecule has 0 bridgehead atoms. The minimum absolute atomic E-state index is 0.0741. The third-order valence-electron chi connectivity index (χ3n) is 4.24. The van der Waals surface area contributed by atoms with Crippen molar-refractivity contribution in [2.24, 2.45) is 5.73 Å². The van der Waals surface area contributed by atoms with Crippen LogP contribution in [0.25, 0.3) is 0 Å². The molecule has 0 radical (unpaired) electrons. The smallest absolute Gasteiger partial charge is 0.257 e. The summed E-state index contributed by atoms with van der Waals surface area (Å²) >= 11 is 12.6. The molecule has 1 aromatic heterocycles. The van der Waals surface area contributed by atoms with E-state index in [1.807, 2.05) is 37.3 Å². The summed E-state index contributed by atoms with van der Waals surface area (Å²) < 4.78 is 0. The fourth-order valence-corrected chi connectivity index (χ4v) is 4.53. The predicted molar refractivity (Wildman–Crippen MR) is 122 cm³/mol. The number of amides is 2. The molecule has 0 fully saturated rings. The summed E-state index contributed by atoms with van der Waals surface area (Å²) in [6.45, 7) is 1.85. The van der Waals surface area contributed by atoms with E-state index in [2.05, 4.69) is 10.6 Å². The molecule has 0 aliphatic heterocycles. The number of thiocarbonyl (C=S) groups is 1. The van der Waals surface area contributed by atoms with E-state index in [0.717, 1.165) is 16.0 Å². The molecule has 0 saturated heterocycles. The monoisotopic (exact) mass is 443 g/mol. The fraction of sp³-hybridized carbons (Fsp3) is 0.0952. The molecule has 0 aliphatic carbocycles. The van der Waals surface area contributed by atoms with E-state index < -0.39 is 11.8 Å². The third-order valence-corrected chi connectivity index (χ3v) is 5.89. The van der Waals surface area contributed by atoms with Crippen LogP contribution in [-0.4, -0.2) is 16.9 Å². The van der Waals surface area contributed by atoms with Gasteiger partial charge in [-0.05, 0) is 48.5 Å². The Balaban J connectivity index is 1.78. The van der Waals surface area contributed by atoms with Crippen molar-refractivity contribution in [3.8, 4) is 0 Å². The van der Waals surface area contributed by atoms with Crippen molar-refractivity contribution in [3.63, 3.8) is 0 Å². The van der Waals surface area contributed by atoms with Crippen molar-refractivity contribution in [1.82, 2.24) is 5.32 Å². The van der Waals surface area contributed by atoms with Crippen molar-refractivity contribution in [3.05, 3.63) is 86.8 Å². The van der Waals surface area contributed by atoms with Crippen LogP contribution in [0.15, 0.2) is 54.6 Å². The normalized spacial score (nSPS) is 10.4. The first kappa shape index (κ1) is 21.0. The number of thiophene rings is 1. The molecular weight excluding hydrogens is 426 g/mol. The van der Waals surface area contributed by atoms with Crippen molar-refractivity contribution in [2.75, 3.05) is 5.32 Å². The van der Waals surface area contributed by atoms with Gasteiger partial charge < -0.3 is 11.1 Å². The topological polar surface area (TPSA) is 84.2 Å². The second-order valence-electron chi connectivity index (χ2n) is 6.30. The summed E-state index contributed by atoms with van der Waals surface area (Å²) in [4.78, 5) is 25.4. The van der Waals surface area contributed by atoms with E-state index in [4.69, 9.17) is 29.6 Å². The van der Waals surface area contributed by atoms with Crippen LogP contribution < -0.4 is 16.4 Å². The average Bonchev–Trinajstić information content (AvgIpc) is 2.97. The summed E-state index contributed by atoms with van der Waals surface area (Å²) in [5.41, 5.74) is 8.27. The number of rotatable bonds is 5. The highest BCUT2D eigenvalue weighted by atomic mass is 35.5. The van der Waals surface area contributed by atoms with E-state index in [1.165, 1.54) is 11.3 Å². The van der Waals surface area contributed by atoms with Crippen LogP contribution >= 0.6 is 35.2 Å². The van der Waals surface area contributed by atoms with Gasteiger partial charge in [0.1, 0.15) is 5.00 Å². The van der Waals surface area contributed by atoms with Gasteiger partial charge in [-0.3, -0.25) is 14.9 Å². The van der Waals surface area contributed by atoms with Gasteiger partial charge in [-0.2, -0.15) is 0 Å². The van der Waals surface area contributed by atoms with Crippen LogP contribution in [0.3, 0.4) is 0 Å². The molecule has 1 heterocycles. The summed E-state index contributed by atoms with van der Waals surface area (Å²) in [5, 5.41) is 6.57. The number of nitrogens with one attached hydrogen (secondary N) is 2. The number of benzene rings is 2. The van der Waals surface area contributed by atoms with E-state index in [1.54, 1.807) is 24.3 Å². The van der Waals surface area contributed by atoms with Crippen LogP contribution in [0.5, 0.6) is 0 Å². The minimum atomic E-state index is -0.551. The largest absolute Gasteiger partial charge is 0.365 e. The van der Waals surface area contributed by atoms with Crippen LogP contribution in [-0.2, 0) is 6.42 Å². The Morgan fingerprint density at radius 3 is 2.52 bits per heavy atom. The number of primary amides is 1. The molecule has 2 aromatic carbocycles.